The SMILES string of the molecule is Nc1ccc2c(n1)N(CC(=O)N1CCCc3ccccc31)C(=O)C(c1ccccc1)O2. The molecule has 3 aromatic rings. The van der Waals surface area contributed by atoms with E-state index in [-0.39, 0.29) is 30.0 Å². The maximum atomic E-state index is 13.4. The minimum Gasteiger partial charge on any atom is -0.472 e. The molecule has 0 bridgehead atoms. The molecule has 1 aromatic heterocycles. The normalized spacial score (nSPS) is 17.5. The summed E-state index contributed by atoms with van der Waals surface area (Å²) in [7, 11) is 0. The molecular formula is C24H22N4O3. The highest BCUT2D eigenvalue weighted by atomic mass is 16.5. The van der Waals surface area contributed by atoms with Crippen LogP contribution < -0.4 is 20.3 Å². The van der Waals surface area contributed by atoms with Gasteiger partial charge in [-0.05, 0) is 36.6 Å². The van der Waals surface area contributed by atoms with Crippen molar-refractivity contribution in [2.24, 2.45) is 0 Å². The highest BCUT2D eigenvalue weighted by Gasteiger charge is 2.38. The molecule has 2 amide bonds. The van der Waals surface area contributed by atoms with Crippen molar-refractivity contribution in [2.45, 2.75) is 18.9 Å². The van der Waals surface area contributed by atoms with Gasteiger partial charge in [0.2, 0.25) is 12.0 Å². The van der Waals surface area contributed by atoms with E-state index in [1.807, 2.05) is 54.6 Å². The number of rotatable bonds is 3. The van der Waals surface area contributed by atoms with E-state index in [1.54, 1.807) is 17.0 Å². The minimum atomic E-state index is -0.847. The smallest absolute Gasteiger partial charge is 0.274 e. The van der Waals surface area contributed by atoms with Gasteiger partial charge in [-0.1, -0.05) is 48.5 Å². The average Bonchev–Trinajstić information content (AvgIpc) is 2.81. The third-order valence-corrected chi connectivity index (χ3v) is 5.66. The van der Waals surface area contributed by atoms with Crippen molar-refractivity contribution in [3.05, 3.63) is 77.9 Å². The molecule has 0 aliphatic carbocycles. The number of nitrogens with zero attached hydrogens (tertiary/aromatic N) is 3. The topological polar surface area (TPSA) is 88.8 Å². The van der Waals surface area contributed by atoms with Crippen molar-refractivity contribution < 1.29 is 14.3 Å². The van der Waals surface area contributed by atoms with Crippen molar-refractivity contribution in [2.75, 3.05) is 28.6 Å². The number of aryl methyl sites for hydroxylation is 1. The third kappa shape index (κ3) is 3.48. The van der Waals surface area contributed by atoms with Gasteiger partial charge in [0.1, 0.15) is 12.4 Å². The van der Waals surface area contributed by atoms with Crippen LogP contribution in [0.1, 0.15) is 23.7 Å². The number of aromatic nitrogens is 1. The van der Waals surface area contributed by atoms with Gasteiger partial charge in [0.25, 0.3) is 5.91 Å². The van der Waals surface area contributed by atoms with Crippen LogP contribution in [0.3, 0.4) is 0 Å². The second-order valence-electron chi connectivity index (χ2n) is 7.67. The molecule has 0 saturated heterocycles. The Morgan fingerprint density at radius 1 is 1.06 bits per heavy atom. The van der Waals surface area contributed by atoms with E-state index in [0.717, 1.165) is 29.7 Å². The van der Waals surface area contributed by atoms with E-state index < -0.39 is 6.10 Å². The van der Waals surface area contributed by atoms with Crippen molar-refractivity contribution in [3.8, 4) is 5.75 Å². The Morgan fingerprint density at radius 2 is 1.84 bits per heavy atom. The number of amides is 2. The van der Waals surface area contributed by atoms with Crippen LogP contribution >= 0.6 is 0 Å². The van der Waals surface area contributed by atoms with E-state index >= 15 is 0 Å². The Balaban J connectivity index is 1.49. The van der Waals surface area contributed by atoms with E-state index in [1.165, 1.54) is 4.90 Å². The van der Waals surface area contributed by atoms with Crippen LogP contribution in [0.4, 0.5) is 17.3 Å². The van der Waals surface area contributed by atoms with Crippen LogP contribution in [0.25, 0.3) is 0 Å². The number of ether oxygens (including phenoxy) is 1. The number of para-hydroxylation sites is 1. The van der Waals surface area contributed by atoms with E-state index in [4.69, 9.17) is 10.5 Å². The first-order chi connectivity index (χ1) is 15.1. The number of benzene rings is 2. The Hall–Kier alpha value is -3.87. The van der Waals surface area contributed by atoms with Gasteiger partial charge in [-0.25, -0.2) is 4.98 Å². The molecule has 0 saturated carbocycles. The highest BCUT2D eigenvalue weighted by molar-refractivity contribution is 6.07. The number of fused-ring (bicyclic) bond motifs is 2. The molecule has 3 heterocycles. The maximum absolute atomic E-state index is 13.4. The monoisotopic (exact) mass is 414 g/mol. The number of nitrogens with two attached hydrogens (primary N) is 1. The van der Waals surface area contributed by atoms with Crippen LogP contribution in [0.15, 0.2) is 66.7 Å². The number of carbonyl (C=O) groups is 2. The predicted octanol–water partition coefficient (Wildman–Crippen LogP) is 3.11. The molecule has 5 rings (SSSR count). The van der Waals surface area contributed by atoms with Crippen LogP contribution in [0.2, 0.25) is 0 Å². The van der Waals surface area contributed by atoms with Crippen molar-refractivity contribution in [3.63, 3.8) is 0 Å². The van der Waals surface area contributed by atoms with Crippen LogP contribution in [0.5, 0.6) is 5.75 Å². The number of carbonyl (C=O) groups excluding carboxylic acids is 2. The van der Waals surface area contributed by atoms with Crippen LogP contribution in [-0.2, 0) is 16.0 Å². The largest absolute Gasteiger partial charge is 0.472 e. The summed E-state index contributed by atoms with van der Waals surface area (Å²) in [5, 5.41) is 0. The molecule has 2 aromatic carbocycles. The van der Waals surface area contributed by atoms with Gasteiger partial charge in [-0.15, -0.1) is 0 Å². The van der Waals surface area contributed by atoms with Gasteiger partial charge >= 0.3 is 0 Å². The quantitative estimate of drug-likeness (QED) is 0.711. The number of nitrogen functional groups attached to an aromatic ring is 1. The van der Waals surface area contributed by atoms with Gasteiger partial charge in [0, 0.05) is 17.8 Å². The number of anilines is 3. The second-order valence-corrected chi connectivity index (χ2v) is 7.67. The van der Waals surface area contributed by atoms with Crippen LogP contribution in [0, 0.1) is 0 Å². The van der Waals surface area contributed by atoms with Crippen molar-refractivity contribution in [1.82, 2.24) is 4.98 Å². The first kappa shape index (κ1) is 19.1. The first-order valence-electron chi connectivity index (χ1n) is 10.3. The third-order valence-electron chi connectivity index (χ3n) is 5.66. The lowest BCUT2D eigenvalue weighted by atomic mass is 10.0. The summed E-state index contributed by atoms with van der Waals surface area (Å²) in [6, 6.07) is 20.4. The van der Waals surface area contributed by atoms with Gasteiger partial charge in [0.15, 0.2) is 11.6 Å². The summed E-state index contributed by atoms with van der Waals surface area (Å²) in [5.41, 5.74) is 8.63. The highest BCUT2D eigenvalue weighted by Crippen LogP contribution is 2.38. The van der Waals surface area contributed by atoms with E-state index in [0.29, 0.717) is 12.3 Å². The van der Waals surface area contributed by atoms with E-state index in [9.17, 15) is 9.59 Å². The lowest BCUT2D eigenvalue weighted by Gasteiger charge is -2.35. The molecule has 1 atom stereocenters. The summed E-state index contributed by atoms with van der Waals surface area (Å²) in [5.74, 6) is 0.458. The molecule has 2 aliphatic rings. The zero-order valence-corrected chi connectivity index (χ0v) is 16.9. The summed E-state index contributed by atoms with van der Waals surface area (Å²) in [6.07, 6.45) is 0.974. The summed E-state index contributed by atoms with van der Waals surface area (Å²) in [6.45, 7) is 0.483. The first-order valence-corrected chi connectivity index (χ1v) is 10.3. The molecule has 7 heteroatoms. The predicted molar refractivity (Wildman–Crippen MR) is 118 cm³/mol. The lowest BCUT2D eigenvalue weighted by Crippen LogP contribution is -2.49. The molecule has 31 heavy (non-hydrogen) atoms. The second kappa shape index (κ2) is 7.75. The Bertz CT molecular complexity index is 1150. The Kier molecular flexibility index (Phi) is 4.78. The molecule has 7 nitrogen and oxygen atoms in total. The fourth-order valence-electron chi connectivity index (χ4n) is 4.16. The average molecular weight is 414 g/mol. The molecule has 0 radical (unpaired) electrons. The Labute approximate surface area is 180 Å². The van der Waals surface area contributed by atoms with E-state index in [2.05, 4.69) is 4.98 Å². The standard InChI is InChI=1S/C24H22N4O3/c25-20-13-12-19-23(26-20)28(24(30)22(31-19)17-8-2-1-3-9-17)15-21(29)27-14-6-10-16-7-4-5-11-18(16)27/h1-5,7-9,11-13,22H,6,10,14-15H2,(H2,25,26). The van der Waals surface area contributed by atoms with Gasteiger partial charge in [0.05, 0.1) is 0 Å². The summed E-state index contributed by atoms with van der Waals surface area (Å²) < 4.78 is 5.96. The van der Waals surface area contributed by atoms with Crippen molar-refractivity contribution in [1.29, 1.82) is 0 Å². The molecule has 0 fully saturated rings. The fourth-order valence-corrected chi connectivity index (χ4v) is 4.16. The van der Waals surface area contributed by atoms with Gasteiger partial charge < -0.3 is 15.4 Å². The molecule has 156 valence electrons. The number of pyridine rings is 1. The summed E-state index contributed by atoms with van der Waals surface area (Å²) >= 11 is 0. The molecule has 0 spiro atoms. The number of hydrogen-bond acceptors (Lipinski definition) is 5. The van der Waals surface area contributed by atoms with Gasteiger partial charge in [-0.2, -0.15) is 0 Å². The minimum absolute atomic E-state index is 0.136. The number of hydrogen-bond donors (Lipinski definition) is 1. The maximum Gasteiger partial charge on any atom is 0.274 e. The molecule has 1 unspecified atom stereocenters. The summed E-state index contributed by atoms with van der Waals surface area (Å²) in [4.78, 5) is 34.2. The molecular weight excluding hydrogens is 392 g/mol. The lowest BCUT2D eigenvalue weighted by molar-refractivity contribution is -0.128. The zero-order chi connectivity index (χ0) is 21.4. The molecule has 2 aliphatic heterocycles. The van der Waals surface area contributed by atoms with Gasteiger partial charge in [-0.3, -0.25) is 14.5 Å². The molecule has 2 N–H and O–H groups in total. The van der Waals surface area contributed by atoms with Crippen LogP contribution in [-0.4, -0.2) is 29.9 Å². The fraction of sp³-hybridized carbons (Fsp3) is 0.208. The van der Waals surface area contributed by atoms with Crippen molar-refractivity contribution >= 4 is 29.1 Å². The zero-order valence-electron chi connectivity index (χ0n) is 16.9. The Morgan fingerprint density at radius 3 is 2.68 bits per heavy atom.